The van der Waals surface area contributed by atoms with Crippen LogP contribution >= 0.6 is 11.8 Å². The normalized spacial score (nSPS) is 35.6. The first-order chi connectivity index (χ1) is 11.4. The minimum atomic E-state index is -3.41. The Bertz CT molecular complexity index is 725. The molecule has 9 heteroatoms. The molecule has 3 saturated heterocycles. The van der Waals surface area contributed by atoms with Crippen LogP contribution in [0.1, 0.15) is 34.1 Å². The largest absolute Gasteiger partial charge is 0.457 e. The highest BCUT2D eigenvalue weighted by molar-refractivity contribution is 8.03. The number of sulfonamides is 1. The van der Waals surface area contributed by atoms with Gasteiger partial charge in [-0.1, -0.05) is 6.58 Å². The van der Waals surface area contributed by atoms with Gasteiger partial charge in [-0.15, -0.1) is 11.8 Å². The van der Waals surface area contributed by atoms with Crippen molar-refractivity contribution in [1.29, 1.82) is 0 Å². The van der Waals surface area contributed by atoms with Crippen LogP contribution in [0.5, 0.6) is 0 Å². The molecule has 25 heavy (non-hydrogen) atoms. The maximum atomic E-state index is 12.9. The summed E-state index contributed by atoms with van der Waals surface area (Å²) in [5.41, 5.74) is -0.389. The van der Waals surface area contributed by atoms with Gasteiger partial charge in [0, 0.05) is 21.6 Å². The summed E-state index contributed by atoms with van der Waals surface area (Å²) in [6.07, 6.45) is -0.0247. The van der Waals surface area contributed by atoms with Crippen LogP contribution in [0.25, 0.3) is 0 Å². The molecule has 0 amide bonds. The summed E-state index contributed by atoms with van der Waals surface area (Å²) < 4.78 is 37.6. The van der Waals surface area contributed by atoms with Gasteiger partial charge in [0.15, 0.2) is 6.61 Å². The predicted octanol–water partition coefficient (Wildman–Crippen LogP) is 1.09. The van der Waals surface area contributed by atoms with Gasteiger partial charge in [-0.25, -0.2) is 18.0 Å². The summed E-state index contributed by atoms with van der Waals surface area (Å²) in [7, 11) is -3.41. The van der Waals surface area contributed by atoms with E-state index in [0.717, 1.165) is 0 Å². The minimum Gasteiger partial charge on any atom is -0.457 e. The van der Waals surface area contributed by atoms with Gasteiger partial charge in [0.05, 0.1) is 11.3 Å². The maximum Gasteiger partial charge on any atom is 0.344 e. The summed E-state index contributed by atoms with van der Waals surface area (Å²) in [4.78, 5) is 23.5. The first kappa shape index (κ1) is 18.7. The molecule has 0 aromatic heterocycles. The second-order valence-corrected chi connectivity index (χ2v) is 11.2. The van der Waals surface area contributed by atoms with Crippen LogP contribution in [-0.4, -0.2) is 64.7 Å². The van der Waals surface area contributed by atoms with Crippen LogP contribution in [0.3, 0.4) is 0 Å². The Hall–Kier alpha value is -1.06. The highest BCUT2D eigenvalue weighted by atomic mass is 32.2. The lowest BCUT2D eigenvalue weighted by atomic mass is 9.90. The second kappa shape index (κ2) is 5.99. The first-order valence-corrected chi connectivity index (χ1v) is 10.6. The van der Waals surface area contributed by atoms with Gasteiger partial charge in [-0.2, -0.15) is 4.31 Å². The van der Waals surface area contributed by atoms with Crippen molar-refractivity contribution >= 4 is 33.7 Å². The molecular weight excluding hydrogens is 366 g/mol. The van der Waals surface area contributed by atoms with E-state index in [1.165, 1.54) is 11.2 Å². The molecule has 3 heterocycles. The van der Waals surface area contributed by atoms with Crippen LogP contribution in [-0.2, 0) is 29.1 Å². The fraction of sp³-hybridized carbons (Fsp3) is 0.750. The molecule has 2 bridgehead atoms. The summed E-state index contributed by atoms with van der Waals surface area (Å²) in [5, 5.41) is -0.518. The Balaban J connectivity index is 1.75. The van der Waals surface area contributed by atoms with Gasteiger partial charge in [0.2, 0.25) is 10.0 Å². The highest BCUT2D eigenvalue weighted by Crippen LogP contribution is 2.58. The van der Waals surface area contributed by atoms with E-state index >= 15 is 0 Å². The molecule has 0 aromatic rings. The van der Waals surface area contributed by atoms with Crippen LogP contribution < -0.4 is 0 Å². The van der Waals surface area contributed by atoms with Crippen molar-refractivity contribution < 1.29 is 27.5 Å². The summed E-state index contributed by atoms with van der Waals surface area (Å²) in [6.45, 7) is 9.99. The van der Waals surface area contributed by atoms with E-state index in [0.29, 0.717) is 6.42 Å². The molecule has 0 aromatic carbocycles. The maximum absolute atomic E-state index is 12.9. The Kier molecular flexibility index (Phi) is 4.49. The third-order valence-electron chi connectivity index (χ3n) is 4.73. The van der Waals surface area contributed by atoms with Crippen LogP contribution in [0.2, 0.25) is 0 Å². The zero-order valence-electron chi connectivity index (χ0n) is 14.7. The molecule has 140 valence electrons. The Morgan fingerprint density at radius 2 is 1.96 bits per heavy atom. The number of esters is 2. The van der Waals surface area contributed by atoms with Crippen LogP contribution in [0, 0.1) is 0 Å². The zero-order valence-corrected chi connectivity index (χ0v) is 16.4. The molecule has 3 fully saturated rings. The number of thioether (sulfide) groups is 1. The van der Waals surface area contributed by atoms with Crippen LogP contribution in [0.15, 0.2) is 12.2 Å². The molecule has 3 aliphatic rings. The molecule has 5 unspecified atom stereocenters. The van der Waals surface area contributed by atoms with E-state index in [-0.39, 0.29) is 22.1 Å². The van der Waals surface area contributed by atoms with Gasteiger partial charge in [0.1, 0.15) is 6.10 Å². The van der Waals surface area contributed by atoms with Crippen LogP contribution in [0.4, 0.5) is 0 Å². The Labute approximate surface area is 152 Å². The fourth-order valence-corrected chi connectivity index (χ4v) is 9.13. The van der Waals surface area contributed by atoms with E-state index in [1.54, 1.807) is 11.8 Å². The van der Waals surface area contributed by atoms with E-state index in [9.17, 15) is 18.0 Å². The quantitative estimate of drug-likeness (QED) is 0.525. The first-order valence-electron chi connectivity index (χ1n) is 8.15. The molecule has 5 atom stereocenters. The molecular formula is C16H23NO6S2. The SMILES string of the molecule is C=C(C)C(=O)OCC(=O)OC1C2CC3C(S2)C1N(C(C)(C)C)S3(=O)=O. The molecule has 0 radical (unpaired) electrons. The number of ether oxygens (including phenoxy) is 2. The van der Waals surface area contributed by atoms with Gasteiger partial charge < -0.3 is 9.47 Å². The van der Waals surface area contributed by atoms with E-state index in [1.807, 2.05) is 20.8 Å². The number of carbonyl (C=O) groups excluding carboxylic acids is 2. The highest BCUT2D eigenvalue weighted by Gasteiger charge is 2.70. The van der Waals surface area contributed by atoms with Crippen molar-refractivity contribution in [3.63, 3.8) is 0 Å². The molecule has 3 rings (SSSR count). The third kappa shape index (κ3) is 3.00. The van der Waals surface area contributed by atoms with Gasteiger partial charge in [-0.3, -0.25) is 0 Å². The molecule has 0 aliphatic carbocycles. The Morgan fingerprint density at radius 1 is 1.32 bits per heavy atom. The minimum absolute atomic E-state index is 0.0390. The average molecular weight is 389 g/mol. The Morgan fingerprint density at radius 3 is 2.52 bits per heavy atom. The van der Waals surface area contributed by atoms with Crippen molar-refractivity contribution in [1.82, 2.24) is 4.31 Å². The molecule has 3 aliphatic heterocycles. The van der Waals surface area contributed by atoms with Crippen molar-refractivity contribution in [2.45, 2.75) is 67.6 Å². The van der Waals surface area contributed by atoms with E-state index in [4.69, 9.17) is 9.47 Å². The smallest absolute Gasteiger partial charge is 0.344 e. The lowest BCUT2D eigenvalue weighted by Crippen LogP contribution is -2.53. The molecule has 7 nitrogen and oxygen atoms in total. The lowest BCUT2D eigenvalue weighted by Gasteiger charge is -2.37. The number of carbonyl (C=O) groups is 2. The second-order valence-electron chi connectivity index (χ2n) is 7.73. The van der Waals surface area contributed by atoms with Gasteiger partial charge in [-0.05, 0) is 34.1 Å². The monoisotopic (exact) mass is 389 g/mol. The predicted molar refractivity (Wildman–Crippen MR) is 93.5 cm³/mol. The fourth-order valence-electron chi connectivity index (χ4n) is 3.91. The third-order valence-corrected chi connectivity index (χ3v) is 9.22. The number of rotatable bonds is 4. The lowest BCUT2D eigenvalue weighted by molar-refractivity contribution is -0.162. The number of nitrogens with zero attached hydrogens (tertiary/aromatic N) is 1. The molecule has 0 spiro atoms. The molecule has 0 N–H and O–H groups in total. The van der Waals surface area contributed by atoms with E-state index < -0.39 is 45.5 Å². The standard InChI is InChI=1S/C16H23NO6S2/c1-8(2)15(19)22-7-11(18)23-13-9-6-10-14(24-9)12(13)17(16(3,4)5)25(10,20)21/h9-10,12-14H,1,6-7H2,2-5H3. The van der Waals surface area contributed by atoms with Gasteiger partial charge in [0.25, 0.3) is 0 Å². The number of hydrogen-bond acceptors (Lipinski definition) is 7. The summed E-state index contributed by atoms with van der Waals surface area (Å²) >= 11 is 1.59. The van der Waals surface area contributed by atoms with Gasteiger partial charge >= 0.3 is 11.9 Å². The summed E-state index contributed by atoms with van der Waals surface area (Å²) in [5.74, 6) is -1.32. The topological polar surface area (TPSA) is 90.0 Å². The average Bonchev–Trinajstić information content (AvgIpc) is 3.06. The van der Waals surface area contributed by atoms with Crippen molar-refractivity contribution in [3.05, 3.63) is 12.2 Å². The number of fused-ring (bicyclic) bond motifs is 1. The van der Waals surface area contributed by atoms with E-state index in [2.05, 4.69) is 6.58 Å². The molecule has 0 saturated carbocycles. The summed E-state index contributed by atoms with van der Waals surface area (Å²) in [6, 6.07) is -0.362. The van der Waals surface area contributed by atoms with Crippen molar-refractivity contribution in [2.75, 3.05) is 6.61 Å². The van der Waals surface area contributed by atoms with Crippen molar-refractivity contribution in [3.8, 4) is 0 Å². The van der Waals surface area contributed by atoms with Crippen molar-refractivity contribution in [2.24, 2.45) is 0 Å². The zero-order chi connectivity index (χ0) is 18.7. The number of hydrogen-bond donors (Lipinski definition) is 0.